The Bertz CT molecular complexity index is 554. The molecular weight excluding hydrogens is 294 g/mol. The van der Waals surface area contributed by atoms with Gasteiger partial charge in [-0.1, -0.05) is 18.1 Å². The third kappa shape index (κ3) is 3.26. The molecule has 0 spiro atoms. The molecule has 0 aromatic carbocycles. The van der Waals surface area contributed by atoms with Crippen LogP contribution in [-0.4, -0.2) is 57.6 Å². The molecule has 2 aliphatic heterocycles. The lowest BCUT2D eigenvalue weighted by atomic mass is 10.0. The second-order valence-corrected chi connectivity index (χ2v) is 6.97. The molecule has 2 atom stereocenters. The molecule has 4 rings (SSSR count). The van der Waals surface area contributed by atoms with Crippen LogP contribution in [-0.2, 0) is 16.1 Å². The summed E-state index contributed by atoms with van der Waals surface area (Å²) < 4.78 is 7.94. The van der Waals surface area contributed by atoms with E-state index in [0.29, 0.717) is 19.1 Å². The molecule has 1 aromatic heterocycles. The molecular formula is C16H25N5O2. The van der Waals surface area contributed by atoms with Crippen molar-refractivity contribution in [3.05, 3.63) is 11.9 Å². The minimum absolute atomic E-state index is 0.195. The number of amides is 1. The number of aromatic nitrogens is 3. The van der Waals surface area contributed by atoms with Gasteiger partial charge in [-0.25, -0.2) is 4.68 Å². The minimum atomic E-state index is 0.195. The van der Waals surface area contributed by atoms with Crippen molar-refractivity contribution < 1.29 is 9.53 Å². The van der Waals surface area contributed by atoms with Crippen LogP contribution in [0.5, 0.6) is 0 Å². The van der Waals surface area contributed by atoms with Gasteiger partial charge in [-0.3, -0.25) is 4.79 Å². The fraction of sp³-hybridized carbons (Fsp3) is 0.812. The fourth-order valence-electron chi connectivity index (χ4n) is 4.08. The third-order valence-corrected chi connectivity index (χ3v) is 5.39. The monoisotopic (exact) mass is 319 g/mol. The standard InChI is InChI=1S/C16H25N5O2/c22-16(18-12-3-1-2-4-12)6-8-20-7-5-15-14(10-20)21-13(11-23-15)9-17-19-21/h9,12,14-15H,1-8,10-11H2,(H,18,22)/t14-,15+/m0/s1. The Hall–Kier alpha value is -1.47. The Kier molecular flexibility index (Phi) is 4.31. The van der Waals surface area contributed by atoms with Gasteiger partial charge in [0.1, 0.15) is 0 Å². The molecule has 2 fully saturated rings. The van der Waals surface area contributed by atoms with Crippen LogP contribution < -0.4 is 5.32 Å². The van der Waals surface area contributed by atoms with E-state index in [0.717, 1.165) is 44.6 Å². The number of fused-ring (bicyclic) bond motifs is 3. The Balaban J connectivity index is 1.29. The molecule has 1 aliphatic carbocycles. The predicted octanol–water partition coefficient (Wildman–Crippen LogP) is 0.873. The van der Waals surface area contributed by atoms with Gasteiger partial charge in [-0.05, 0) is 19.3 Å². The first-order valence-corrected chi connectivity index (χ1v) is 8.82. The van der Waals surface area contributed by atoms with E-state index < -0.39 is 0 Å². The first-order chi connectivity index (χ1) is 11.3. The van der Waals surface area contributed by atoms with Gasteiger partial charge in [0.05, 0.1) is 30.6 Å². The lowest BCUT2D eigenvalue weighted by Gasteiger charge is -2.41. The summed E-state index contributed by atoms with van der Waals surface area (Å²) in [6.07, 6.45) is 8.38. The average molecular weight is 319 g/mol. The summed E-state index contributed by atoms with van der Waals surface area (Å²) in [6, 6.07) is 0.644. The zero-order valence-electron chi connectivity index (χ0n) is 13.5. The number of hydrogen-bond donors (Lipinski definition) is 1. The number of likely N-dealkylation sites (tertiary alicyclic amines) is 1. The van der Waals surface area contributed by atoms with E-state index in [2.05, 4.69) is 20.5 Å². The highest BCUT2D eigenvalue weighted by atomic mass is 16.5. The zero-order valence-corrected chi connectivity index (χ0v) is 13.5. The molecule has 3 heterocycles. The van der Waals surface area contributed by atoms with E-state index in [1.165, 1.54) is 12.8 Å². The lowest BCUT2D eigenvalue weighted by Crippen LogP contribution is -2.48. The van der Waals surface area contributed by atoms with Gasteiger partial charge in [-0.2, -0.15) is 0 Å². The van der Waals surface area contributed by atoms with E-state index in [-0.39, 0.29) is 18.1 Å². The lowest BCUT2D eigenvalue weighted by molar-refractivity contribution is -0.122. The summed E-state index contributed by atoms with van der Waals surface area (Å²) in [5, 5.41) is 11.4. The van der Waals surface area contributed by atoms with E-state index in [1.807, 2.05) is 4.68 Å². The number of hydrogen-bond acceptors (Lipinski definition) is 5. The van der Waals surface area contributed by atoms with Gasteiger partial charge in [0.15, 0.2) is 0 Å². The third-order valence-electron chi connectivity index (χ3n) is 5.39. The van der Waals surface area contributed by atoms with Crippen molar-refractivity contribution in [3.63, 3.8) is 0 Å². The number of piperidine rings is 1. The molecule has 0 unspecified atom stereocenters. The fourth-order valence-corrected chi connectivity index (χ4v) is 4.08. The van der Waals surface area contributed by atoms with Crippen LogP contribution in [0.3, 0.4) is 0 Å². The second-order valence-electron chi connectivity index (χ2n) is 6.97. The number of nitrogens with zero attached hydrogens (tertiary/aromatic N) is 4. The Morgan fingerprint density at radius 2 is 2.22 bits per heavy atom. The molecule has 0 radical (unpaired) electrons. The van der Waals surface area contributed by atoms with Gasteiger partial charge >= 0.3 is 0 Å². The highest BCUT2D eigenvalue weighted by molar-refractivity contribution is 5.76. The number of carbonyl (C=O) groups excluding carboxylic acids is 1. The van der Waals surface area contributed by atoms with E-state index in [9.17, 15) is 4.79 Å². The molecule has 126 valence electrons. The normalized spacial score (nSPS) is 28.3. The predicted molar refractivity (Wildman–Crippen MR) is 83.7 cm³/mol. The highest BCUT2D eigenvalue weighted by Crippen LogP contribution is 2.29. The molecule has 1 amide bonds. The van der Waals surface area contributed by atoms with Crippen molar-refractivity contribution in [2.24, 2.45) is 0 Å². The van der Waals surface area contributed by atoms with Crippen LogP contribution >= 0.6 is 0 Å². The van der Waals surface area contributed by atoms with Gasteiger partial charge in [0, 0.05) is 32.1 Å². The van der Waals surface area contributed by atoms with E-state index >= 15 is 0 Å². The summed E-state index contributed by atoms with van der Waals surface area (Å²) in [4.78, 5) is 14.4. The summed E-state index contributed by atoms with van der Waals surface area (Å²) in [7, 11) is 0. The van der Waals surface area contributed by atoms with Crippen molar-refractivity contribution in [1.29, 1.82) is 0 Å². The van der Waals surface area contributed by atoms with Crippen LogP contribution in [0.15, 0.2) is 6.20 Å². The maximum absolute atomic E-state index is 12.1. The first-order valence-electron chi connectivity index (χ1n) is 8.82. The smallest absolute Gasteiger partial charge is 0.221 e. The molecule has 1 saturated carbocycles. The van der Waals surface area contributed by atoms with Gasteiger partial charge < -0.3 is 15.0 Å². The number of carbonyl (C=O) groups is 1. The number of rotatable bonds is 4. The van der Waals surface area contributed by atoms with Crippen LogP contribution in [0, 0.1) is 0 Å². The molecule has 1 aromatic rings. The SMILES string of the molecule is O=C(CCN1CC[C@H]2OCc3cnnn3[C@H]2C1)NC1CCCC1. The largest absolute Gasteiger partial charge is 0.370 e. The number of nitrogens with one attached hydrogen (secondary N) is 1. The van der Waals surface area contributed by atoms with Crippen LogP contribution in [0.25, 0.3) is 0 Å². The maximum Gasteiger partial charge on any atom is 0.221 e. The molecule has 0 bridgehead atoms. The van der Waals surface area contributed by atoms with Crippen molar-refractivity contribution >= 4 is 5.91 Å². The van der Waals surface area contributed by atoms with Crippen molar-refractivity contribution in [1.82, 2.24) is 25.2 Å². The quantitative estimate of drug-likeness (QED) is 0.892. The van der Waals surface area contributed by atoms with Crippen molar-refractivity contribution in [3.8, 4) is 0 Å². The number of ether oxygens (including phenoxy) is 1. The molecule has 1 N–H and O–H groups in total. The Morgan fingerprint density at radius 3 is 3.09 bits per heavy atom. The minimum Gasteiger partial charge on any atom is -0.370 e. The molecule has 23 heavy (non-hydrogen) atoms. The zero-order chi connectivity index (χ0) is 15.6. The summed E-state index contributed by atoms with van der Waals surface area (Å²) in [6.45, 7) is 3.30. The van der Waals surface area contributed by atoms with Crippen LogP contribution in [0.2, 0.25) is 0 Å². The summed E-state index contributed by atoms with van der Waals surface area (Å²) >= 11 is 0. The van der Waals surface area contributed by atoms with E-state index in [1.54, 1.807) is 6.20 Å². The Labute approximate surface area is 136 Å². The molecule has 3 aliphatic rings. The highest BCUT2D eigenvalue weighted by Gasteiger charge is 2.36. The second kappa shape index (κ2) is 6.57. The van der Waals surface area contributed by atoms with Crippen LogP contribution in [0.4, 0.5) is 0 Å². The molecule has 7 nitrogen and oxygen atoms in total. The van der Waals surface area contributed by atoms with Crippen molar-refractivity contribution in [2.75, 3.05) is 19.6 Å². The maximum atomic E-state index is 12.1. The van der Waals surface area contributed by atoms with Gasteiger partial charge in [-0.15, -0.1) is 5.10 Å². The Morgan fingerprint density at radius 1 is 1.35 bits per heavy atom. The van der Waals surface area contributed by atoms with Gasteiger partial charge in [0.2, 0.25) is 5.91 Å². The van der Waals surface area contributed by atoms with Crippen molar-refractivity contribution in [2.45, 2.75) is 63.3 Å². The van der Waals surface area contributed by atoms with Crippen LogP contribution in [0.1, 0.15) is 50.3 Å². The van der Waals surface area contributed by atoms with Gasteiger partial charge in [0.25, 0.3) is 0 Å². The average Bonchev–Trinajstić information content (AvgIpc) is 3.24. The molecule has 1 saturated heterocycles. The van der Waals surface area contributed by atoms with E-state index in [4.69, 9.17) is 4.74 Å². The molecule has 7 heteroatoms. The topological polar surface area (TPSA) is 72.3 Å². The first kappa shape index (κ1) is 15.1. The summed E-state index contributed by atoms with van der Waals surface area (Å²) in [5.41, 5.74) is 1.05. The summed E-state index contributed by atoms with van der Waals surface area (Å²) in [5.74, 6) is 0.195.